The minimum Gasteiger partial charge on any atom is -0.380 e. The molecule has 26 heavy (non-hydrogen) atoms. The van der Waals surface area contributed by atoms with Gasteiger partial charge in [-0.05, 0) is 36.8 Å². The highest BCUT2D eigenvalue weighted by molar-refractivity contribution is 5.90. The highest BCUT2D eigenvalue weighted by Crippen LogP contribution is 2.27. The Balaban J connectivity index is 1.80. The summed E-state index contributed by atoms with van der Waals surface area (Å²) in [4.78, 5) is 8.90. The number of aromatic amines is 1. The number of aliphatic hydroxyl groups excluding tert-OH is 1. The third-order valence-electron chi connectivity index (χ3n) is 3.98. The molecule has 2 aromatic carbocycles. The second-order valence-corrected chi connectivity index (χ2v) is 5.97. The molecule has 0 fully saturated rings. The van der Waals surface area contributed by atoms with E-state index >= 15 is 0 Å². The van der Waals surface area contributed by atoms with Gasteiger partial charge in [-0.1, -0.05) is 24.3 Å². The molecule has 7 heteroatoms. The predicted molar refractivity (Wildman–Crippen MR) is 96.6 cm³/mol. The van der Waals surface area contributed by atoms with Gasteiger partial charge in [-0.15, -0.1) is 0 Å². The topological polar surface area (TPSA) is 86.7 Å². The SMILES string of the molecule is Cc1cc(Nc2nc(C(O)c3cccc(F)c3)nc3ccccc23)n[nH]1. The Morgan fingerprint density at radius 2 is 1.92 bits per heavy atom. The van der Waals surface area contributed by atoms with Gasteiger partial charge in [0, 0.05) is 17.1 Å². The minimum atomic E-state index is -1.14. The van der Waals surface area contributed by atoms with E-state index in [1.807, 2.05) is 37.3 Å². The molecule has 1 atom stereocenters. The number of hydrogen-bond acceptors (Lipinski definition) is 5. The van der Waals surface area contributed by atoms with Gasteiger partial charge in [-0.25, -0.2) is 14.4 Å². The van der Waals surface area contributed by atoms with Crippen LogP contribution in [0.2, 0.25) is 0 Å². The van der Waals surface area contributed by atoms with E-state index < -0.39 is 11.9 Å². The molecule has 4 aromatic rings. The van der Waals surface area contributed by atoms with E-state index in [2.05, 4.69) is 25.5 Å². The van der Waals surface area contributed by atoms with Crippen LogP contribution in [0, 0.1) is 12.7 Å². The molecule has 130 valence electrons. The number of aromatic nitrogens is 4. The molecule has 0 bridgehead atoms. The lowest BCUT2D eigenvalue weighted by molar-refractivity contribution is 0.210. The minimum absolute atomic E-state index is 0.184. The van der Waals surface area contributed by atoms with Crippen molar-refractivity contribution in [1.29, 1.82) is 0 Å². The van der Waals surface area contributed by atoms with Crippen molar-refractivity contribution in [3.8, 4) is 0 Å². The van der Waals surface area contributed by atoms with Crippen LogP contribution in [0.25, 0.3) is 10.9 Å². The molecule has 2 heterocycles. The van der Waals surface area contributed by atoms with Crippen LogP contribution in [0.3, 0.4) is 0 Å². The van der Waals surface area contributed by atoms with E-state index in [-0.39, 0.29) is 5.82 Å². The molecule has 3 N–H and O–H groups in total. The quantitative estimate of drug-likeness (QED) is 0.524. The number of halogens is 1. The summed E-state index contributed by atoms with van der Waals surface area (Å²) in [6.07, 6.45) is -1.14. The maximum absolute atomic E-state index is 13.5. The summed E-state index contributed by atoms with van der Waals surface area (Å²) in [5.41, 5.74) is 1.97. The lowest BCUT2D eigenvalue weighted by Gasteiger charge is -2.13. The van der Waals surface area contributed by atoms with Crippen LogP contribution < -0.4 is 5.32 Å². The molecule has 6 nitrogen and oxygen atoms in total. The van der Waals surface area contributed by atoms with Crippen LogP contribution >= 0.6 is 0 Å². The van der Waals surface area contributed by atoms with Crippen molar-refractivity contribution >= 4 is 22.5 Å². The molecule has 0 aliphatic heterocycles. The van der Waals surface area contributed by atoms with Gasteiger partial charge >= 0.3 is 0 Å². The van der Waals surface area contributed by atoms with Gasteiger partial charge in [0.2, 0.25) is 0 Å². The van der Waals surface area contributed by atoms with Gasteiger partial charge < -0.3 is 10.4 Å². The molecule has 0 spiro atoms. The first-order chi connectivity index (χ1) is 12.6. The maximum Gasteiger partial charge on any atom is 0.164 e. The zero-order valence-corrected chi connectivity index (χ0v) is 13.9. The smallest absolute Gasteiger partial charge is 0.164 e. The molecular weight excluding hydrogens is 333 g/mol. The first kappa shape index (κ1) is 16.2. The zero-order valence-electron chi connectivity index (χ0n) is 13.9. The first-order valence-corrected chi connectivity index (χ1v) is 8.09. The predicted octanol–water partition coefficient (Wildman–Crippen LogP) is 3.63. The van der Waals surface area contributed by atoms with E-state index in [1.54, 1.807) is 12.1 Å². The van der Waals surface area contributed by atoms with Gasteiger partial charge in [0.15, 0.2) is 11.6 Å². The Hall–Kier alpha value is -3.32. The molecule has 4 rings (SSSR count). The standard InChI is InChI=1S/C19H16FN5O/c1-11-9-16(25-24-11)22-18-14-7-2-3-8-15(14)21-19(23-18)17(26)12-5-4-6-13(20)10-12/h2-10,17,26H,1H3,(H2,21,22,23,24,25). The monoisotopic (exact) mass is 349 g/mol. The Bertz CT molecular complexity index is 1080. The summed E-state index contributed by atoms with van der Waals surface area (Å²) < 4.78 is 13.5. The van der Waals surface area contributed by atoms with Gasteiger partial charge in [-0.3, -0.25) is 5.10 Å². The maximum atomic E-state index is 13.5. The highest BCUT2D eigenvalue weighted by atomic mass is 19.1. The summed E-state index contributed by atoms with van der Waals surface area (Å²) in [6.45, 7) is 1.90. The fraction of sp³-hybridized carbons (Fsp3) is 0.105. The molecule has 0 aliphatic carbocycles. The Morgan fingerprint density at radius 1 is 1.08 bits per heavy atom. The number of hydrogen-bond donors (Lipinski definition) is 3. The Labute approximate surface area is 148 Å². The lowest BCUT2D eigenvalue weighted by atomic mass is 10.1. The van der Waals surface area contributed by atoms with Gasteiger partial charge in [0.05, 0.1) is 5.52 Å². The van der Waals surface area contributed by atoms with Crippen LogP contribution in [0.5, 0.6) is 0 Å². The van der Waals surface area contributed by atoms with Gasteiger partial charge in [0.25, 0.3) is 0 Å². The zero-order chi connectivity index (χ0) is 18.1. The van der Waals surface area contributed by atoms with Gasteiger partial charge in [-0.2, -0.15) is 5.10 Å². The number of aliphatic hydroxyl groups is 1. The third kappa shape index (κ3) is 3.12. The van der Waals surface area contributed by atoms with E-state index in [4.69, 9.17) is 0 Å². The highest BCUT2D eigenvalue weighted by Gasteiger charge is 2.17. The second-order valence-electron chi connectivity index (χ2n) is 5.97. The number of rotatable bonds is 4. The molecule has 1 unspecified atom stereocenters. The molecule has 2 aromatic heterocycles. The van der Waals surface area contributed by atoms with Crippen LogP contribution in [0.15, 0.2) is 54.6 Å². The Kier molecular flexibility index (Phi) is 4.06. The molecule has 0 aliphatic rings. The number of nitrogens with zero attached hydrogens (tertiary/aromatic N) is 3. The van der Waals surface area contributed by atoms with Crippen LogP contribution in [0.1, 0.15) is 23.2 Å². The lowest BCUT2D eigenvalue weighted by Crippen LogP contribution is -2.08. The van der Waals surface area contributed by atoms with Crippen molar-refractivity contribution in [2.45, 2.75) is 13.0 Å². The number of benzene rings is 2. The van der Waals surface area contributed by atoms with Crippen molar-refractivity contribution in [2.24, 2.45) is 0 Å². The van der Waals surface area contributed by atoms with Crippen molar-refractivity contribution in [1.82, 2.24) is 20.2 Å². The number of anilines is 2. The molecule has 0 saturated heterocycles. The Morgan fingerprint density at radius 3 is 2.69 bits per heavy atom. The number of aryl methyl sites for hydroxylation is 1. The normalized spacial score (nSPS) is 12.3. The van der Waals surface area contributed by atoms with E-state index in [0.29, 0.717) is 22.7 Å². The third-order valence-corrected chi connectivity index (χ3v) is 3.98. The number of fused-ring (bicyclic) bond motifs is 1. The first-order valence-electron chi connectivity index (χ1n) is 8.09. The summed E-state index contributed by atoms with van der Waals surface area (Å²) in [6, 6.07) is 15.1. The molecular formula is C19H16FN5O. The number of H-pyrrole nitrogens is 1. The summed E-state index contributed by atoms with van der Waals surface area (Å²) in [5.74, 6) is 0.891. The largest absolute Gasteiger partial charge is 0.380 e. The summed E-state index contributed by atoms with van der Waals surface area (Å²) in [5, 5.41) is 21.6. The van der Waals surface area contributed by atoms with Crippen molar-refractivity contribution in [3.63, 3.8) is 0 Å². The van der Waals surface area contributed by atoms with E-state index in [9.17, 15) is 9.50 Å². The van der Waals surface area contributed by atoms with Crippen LogP contribution in [-0.2, 0) is 0 Å². The molecule has 0 saturated carbocycles. The summed E-state index contributed by atoms with van der Waals surface area (Å²) in [7, 11) is 0. The van der Waals surface area contributed by atoms with Crippen molar-refractivity contribution < 1.29 is 9.50 Å². The van der Waals surface area contributed by atoms with E-state index in [0.717, 1.165) is 11.1 Å². The van der Waals surface area contributed by atoms with E-state index in [1.165, 1.54) is 12.1 Å². The average Bonchev–Trinajstić information content (AvgIpc) is 3.06. The number of para-hydroxylation sites is 1. The number of nitrogens with one attached hydrogen (secondary N) is 2. The average molecular weight is 349 g/mol. The molecule has 0 amide bonds. The fourth-order valence-electron chi connectivity index (χ4n) is 2.74. The van der Waals surface area contributed by atoms with Gasteiger partial charge in [0.1, 0.15) is 17.7 Å². The molecule has 0 radical (unpaired) electrons. The van der Waals surface area contributed by atoms with Crippen LogP contribution in [0.4, 0.5) is 16.0 Å². The van der Waals surface area contributed by atoms with Crippen LogP contribution in [-0.4, -0.2) is 25.3 Å². The second kappa shape index (κ2) is 6.53. The fourth-order valence-corrected chi connectivity index (χ4v) is 2.74. The summed E-state index contributed by atoms with van der Waals surface area (Å²) >= 11 is 0. The van der Waals surface area contributed by atoms with Crippen molar-refractivity contribution in [2.75, 3.05) is 5.32 Å². The van der Waals surface area contributed by atoms with Crippen molar-refractivity contribution in [3.05, 3.63) is 77.5 Å².